The van der Waals surface area contributed by atoms with Crippen molar-refractivity contribution in [1.29, 1.82) is 0 Å². The zero-order chi connectivity index (χ0) is 12.7. The van der Waals surface area contributed by atoms with Gasteiger partial charge < -0.3 is 15.0 Å². The van der Waals surface area contributed by atoms with Gasteiger partial charge in [0, 0.05) is 31.4 Å². The topological polar surface area (TPSA) is 71.3 Å². The molecule has 0 aliphatic heterocycles. The predicted molar refractivity (Wildman–Crippen MR) is 63.7 cm³/mol. The average molecular weight is 238 g/mol. The number of aryl methyl sites for hydroxylation is 1. The Labute approximate surface area is 100 Å². The first-order chi connectivity index (χ1) is 8.15. The standard InChI is InChI=1S/C12H18N2O3/c1-2-14-6-5-10(8-14)7-11(13-9-15)3-4-12(16)17/h5-6,8-9,11H,2-4,7H2,1H3,(H,13,15)(H,16,17). The van der Waals surface area contributed by atoms with Gasteiger partial charge in [0.2, 0.25) is 6.41 Å². The van der Waals surface area contributed by atoms with Crippen LogP contribution in [-0.2, 0) is 22.6 Å². The van der Waals surface area contributed by atoms with Gasteiger partial charge in [-0.2, -0.15) is 0 Å². The van der Waals surface area contributed by atoms with Crippen LogP contribution in [0.3, 0.4) is 0 Å². The second kappa shape index (κ2) is 6.73. The molecule has 17 heavy (non-hydrogen) atoms. The number of nitrogens with one attached hydrogen (secondary N) is 1. The van der Waals surface area contributed by atoms with Crippen LogP contribution in [0.4, 0.5) is 0 Å². The number of nitrogens with zero attached hydrogens (tertiary/aromatic N) is 1. The van der Waals surface area contributed by atoms with E-state index in [9.17, 15) is 9.59 Å². The number of carbonyl (C=O) groups excluding carboxylic acids is 1. The zero-order valence-corrected chi connectivity index (χ0v) is 9.93. The van der Waals surface area contributed by atoms with Gasteiger partial charge in [0.25, 0.3) is 0 Å². The van der Waals surface area contributed by atoms with Gasteiger partial charge in [-0.1, -0.05) is 0 Å². The molecule has 0 saturated carbocycles. The fourth-order valence-electron chi connectivity index (χ4n) is 1.73. The second-order valence-corrected chi connectivity index (χ2v) is 3.97. The Morgan fingerprint density at radius 1 is 1.65 bits per heavy atom. The molecular formula is C12H18N2O3. The maximum absolute atomic E-state index is 10.5. The first kappa shape index (κ1) is 13.3. The summed E-state index contributed by atoms with van der Waals surface area (Å²) in [5.41, 5.74) is 1.11. The number of carboxylic acids is 1. The van der Waals surface area contributed by atoms with E-state index in [0.29, 0.717) is 19.3 Å². The van der Waals surface area contributed by atoms with Crippen molar-refractivity contribution in [3.8, 4) is 0 Å². The summed E-state index contributed by atoms with van der Waals surface area (Å²) < 4.78 is 2.05. The third-order valence-corrected chi connectivity index (χ3v) is 2.67. The first-order valence-electron chi connectivity index (χ1n) is 5.71. The van der Waals surface area contributed by atoms with E-state index in [0.717, 1.165) is 12.1 Å². The highest BCUT2D eigenvalue weighted by Crippen LogP contribution is 2.08. The first-order valence-corrected chi connectivity index (χ1v) is 5.71. The summed E-state index contributed by atoms with van der Waals surface area (Å²) in [5.74, 6) is -0.839. The number of hydrogen-bond acceptors (Lipinski definition) is 2. The van der Waals surface area contributed by atoms with Gasteiger partial charge in [-0.3, -0.25) is 9.59 Å². The van der Waals surface area contributed by atoms with Crippen molar-refractivity contribution in [2.24, 2.45) is 0 Å². The van der Waals surface area contributed by atoms with Gasteiger partial charge in [0.05, 0.1) is 0 Å². The molecule has 1 aromatic heterocycles. The van der Waals surface area contributed by atoms with Crippen molar-refractivity contribution in [3.05, 3.63) is 24.0 Å². The van der Waals surface area contributed by atoms with Crippen LogP contribution in [0.15, 0.2) is 18.5 Å². The second-order valence-electron chi connectivity index (χ2n) is 3.97. The van der Waals surface area contributed by atoms with Crippen LogP contribution < -0.4 is 5.32 Å². The van der Waals surface area contributed by atoms with Crippen LogP contribution in [0.25, 0.3) is 0 Å². The molecule has 0 fully saturated rings. The van der Waals surface area contributed by atoms with Crippen molar-refractivity contribution in [2.45, 2.75) is 38.8 Å². The summed E-state index contributed by atoms with van der Waals surface area (Å²) in [6.45, 7) is 2.95. The molecule has 1 heterocycles. The Kier molecular flexibility index (Phi) is 5.26. The zero-order valence-electron chi connectivity index (χ0n) is 9.93. The lowest BCUT2D eigenvalue weighted by atomic mass is 10.0. The van der Waals surface area contributed by atoms with Crippen LogP contribution in [0.5, 0.6) is 0 Å². The molecule has 0 aliphatic rings. The Hall–Kier alpha value is -1.78. The third-order valence-electron chi connectivity index (χ3n) is 2.67. The van der Waals surface area contributed by atoms with Crippen LogP contribution in [-0.4, -0.2) is 28.1 Å². The molecular weight excluding hydrogens is 220 g/mol. The normalized spacial score (nSPS) is 12.1. The minimum absolute atomic E-state index is 0.0694. The van der Waals surface area contributed by atoms with E-state index < -0.39 is 5.97 Å². The molecule has 0 saturated heterocycles. The largest absolute Gasteiger partial charge is 0.481 e. The molecule has 94 valence electrons. The number of aromatic nitrogens is 1. The van der Waals surface area contributed by atoms with Crippen molar-refractivity contribution < 1.29 is 14.7 Å². The minimum atomic E-state index is -0.839. The number of hydrogen-bond donors (Lipinski definition) is 2. The summed E-state index contributed by atoms with van der Waals surface area (Å²) >= 11 is 0. The molecule has 0 aliphatic carbocycles. The number of rotatable bonds is 8. The number of aliphatic carboxylic acids is 1. The Balaban J connectivity index is 2.52. The molecule has 5 nitrogen and oxygen atoms in total. The van der Waals surface area contributed by atoms with E-state index in [2.05, 4.69) is 12.2 Å². The third kappa shape index (κ3) is 4.72. The molecule has 0 spiro atoms. The van der Waals surface area contributed by atoms with Gasteiger partial charge in [0.1, 0.15) is 0 Å². The van der Waals surface area contributed by atoms with Crippen LogP contribution in [0.1, 0.15) is 25.3 Å². The quantitative estimate of drug-likeness (QED) is 0.664. The van der Waals surface area contributed by atoms with E-state index in [1.807, 2.05) is 23.0 Å². The van der Waals surface area contributed by atoms with Gasteiger partial charge >= 0.3 is 5.97 Å². The lowest BCUT2D eigenvalue weighted by Gasteiger charge is -2.13. The molecule has 0 radical (unpaired) electrons. The van der Waals surface area contributed by atoms with Crippen molar-refractivity contribution in [3.63, 3.8) is 0 Å². The van der Waals surface area contributed by atoms with Gasteiger partial charge in [-0.15, -0.1) is 0 Å². The molecule has 1 atom stereocenters. The Bertz CT molecular complexity index is 374. The number of carbonyl (C=O) groups is 2. The summed E-state index contributed by atoms with van der Waals surface area (Å²) in [7, 11) is 0. The van der Waals surface area contributed by atoms with Gasteiger partial charge in [0.15, 0.2) is 0 Å². The Morgan fingerprint density at radius 3 is 2.94 bits per heavy atom. The maximum atomic E-state index is 10.5. The molecule has 2 N–H and O–H groups in total. The van der Waals surface area contributed by atoms with Crippen molar-refractivity contribution in [2.75, 3.05) is 0 Å². The highest BCUT2D eigenvalue weighted by molar-refractivity contribution is 5.66. The Morgan fingerprint density at radius 2 is 2.41 bits per heavy atom. The number of amides is 1. The molecule has 1 unspecified atom stereocenters. The summed E-state index contributed by atoms with van der Waals surface area (Å²) in [6, 6.07) is 1.88. The number of carboxylic acid groups (broad SMARTS) is 1. The molecule has 0 bridgehead atoms. The van der Waals surface area contributed by atoms with E-state index >= 15 is 0 Å². The average Bonchev–Trinajstić information content (AvgIpc) is 2.74. The summed E-state index contributed by atoms with van der Waals surface area (Å²) in [5, 5.41) is 11.3. The fourth-order valence-corrected chi connectivity index (χ4v) is 1.73. The molecule has 1 rings (SSSR count). The smallest absolute Gasteiger partial charge is 0.303 e. The monoisotopic (exact) mass is 238 g/mol. The van der Waals surface area contributed by atoms with Crippen molar-refractivity contribution in [1.82, 2.24) is 9.88 Å². The van der Waals surface area contributed by atoms with Gasteiger partial charge in [-0.05, 0) is 31.4 Å². The summed E-state index contributed by atoms with van der Waals surface area (Å²) in [6.07, 6.45) is 5.80. The van der Waals surface area contributed by atoms with E-state index in [4.69, 9.17) is 5.11 Å². The lowest BCUT2D eigenvalue weighted by Crippen LogP contribution is -2.30. The van der Waals surface area contributed by atoms with Gasteiger partial charge in [-0.25, -0.2) is 0 Å². The lowest BCUT2D eigenvalue weighted by molar-refractivity contribution is -0.137. The molecule has 0 aromatic carbocycles. The fraction of sp³-hybridized carbons (Fsp3) is 0.500. The predicted octanol–water partition coefficient (Wildman–Crippen LogP) is 1.03. The molecule has 1 amide bonds. The van der Waals surface area contributed by atoms with Crippen LogP contribution in [0, 0.1) is 0 Å². The maximum Gasteiger partial charge on any atom is 0.303 e. The van der Waals surface area contributed by atoms with E-state index in [1.165, 1.54) is 0 Å². The van der Waals surface area contributed by atoms with Crippen LogP contribution >= 0.6 is 0 Å². The van der Waals surface area contributed by atoms with E-state index in [-0.39, 0.29) is 12.5 Å². The van der Waals surface area contributed by atoms with Crippen molar-refractivity contribution >= 4 is 12.4 Å². The highest BCUT2D eigenvalue weighted by Gasteiger charge is 2.11. The summed E-state index contributed by atoms with van der Waals surface area (Å²) in [4.78, 5) is 20.9. The molecule has 1 aromatic rings. The van der Waals surface area contributed by atoms with E-state index in [1.54, 1.807) is 0 Å². The highest BCUT2D eigenvalue weighted by atomic mass is 16.4. The molecule has 5 heteroatoms. The van der Waals surface area contributed by atoms with Crippen LogP contribution in [0.2, 0.25) is 0 Å². The SMILES string of the molecule is CCn1ccc(CC(CCC(=O)O)NC=O)c1. The minimum Gasteiger partial charge on any atom is -0.481 e.